The molecule has 0 spiro atoms. The van der Waals surface area contributed by atoms with Crippen LogP contribution in [0.5, 0.6) is 0 Å². The fraction of sp³-hybridized carbons (Fsp3) is 1.00. The molecule has 1 atom stereocenters. The molecule has 0 fully saturated rings. The van der Waals surface area contributed by atoms with Crippen molar-refractivity contribution in [1.82, 2.24) is 5.32 Å². The Kier molecular flexibility index (Phi) is 4.70. The lowest BCUT2D eigenvalue weighted by molar-refractivity contribution is -0.254. The van der Waals surface area contributed by atoms with E-state index < -0.39 is 11.8 Å². The number of hydrogen-bond acceptors (Lipinski definition) is 2. The van der Waals surface area contributed by atoms with Crippen LogP contribution in [-0.4, -0.2) is 30.0 Å². The molecular weight excluding hydrogens is 183 g/mol. The smallest absolute Gasteiger partial charge is 0.381 e. The van der Waals surface area contributed by atoms with Gasteiger partial charge in [0, 0.05) is 0 Å². The molecule has 0 aliphatic rings. The minimum atomic E-state index is -4.54. The molecule has 2 nitrogen and oxygen atoms in total. The van der Waals surface area contributed by atoms with Crippen LogP contribution < -0.4 is 5.32 Å². The van der Waals surface area contributed by atoms with Crippen molar-refractivity contribution in [2.75, 3.05) is 13.1 Å². The van der Waals surface area contributed by atoms with Gasteiger partial charge in [-0.15, -0.1) is 0 Å². The fourth-order valence-electron chi connectivity index (χ4n) is 0.775. The van der Waals surface area contributed by atoms with Crippen LogP contribution in [0.1, 0.15) is 26.7 Å². The number of alkyl halides is 3. The van der Waals surface area contributed by atoms with Gasteiger partial charge >= 0.3 is 6.18 Å². The van der Waals surface area contributed by atoms with E-state index in [1.54, 1.807) is 0 Å². The number of aliphatic hydroxyl groups is 1. The average molecular weight is 199 g/mol. The maximum atomic E-state index is 12.1. The Morgan fingerprint density at radius 3 is 2.15 bits per heavy atom. The third kappa shape index (κ3) is 4.47. The molecule has 5 heteroatoms. The molecule has 0 amide bonds. The topological polar surface area (TPSA) is 32.3 Å². The first-order valence-electron chi connectivity index (χ1n) is 4.31. The lowest BCUT2D eigenvalue weighted by Crippen LogP contribution is -2.44. The van der Waals surface area contributed by atoms with E-state index in [9.17, 15) is 13.2 Å². The molecule has 0 heterocycles. The van der Waals surface area contributed by atoms with E-state index in [1.807, 2.05) is 6.92 Å². The summed E-state index contributed by atoms with van der Waals surface area (Å²) >= 11 is 0. The minimum absolute atomic E-state index is 0.181. The highest BCUT2D eigenvalue weighted by molar-refractivity contribution is 4.81. The quantitative estimate of drug-likeness (QED) is 0.660. The largest absolute Gasteiger partial charge is 0.416 e. The summed E-state index contributed by atoms with van der Waals surface area (Å²) in [5, 5.41) is 11.8. The summed E-state index contributed by atoms with van der Waals surface area (Å²) in [4.78, 5) is 0. The highest BCUT2D eigenvalue weighted by atomic mass is 19.4. The van der Waals surface area contributed by atoms with Gasteiger partial charge in [0.2, 0.25) is 0 Å². The van der Waals surface area contributed by atoms with Crippen LogP contribution in [0.25, 0.3) is 0 Å². The molecule has 0 bridgehead atoms. The Labute approximate surface area is 76.1 Å². The van der Waals surface area contributed by atoms with Crippen LogP contribution in [0, 0.1) is 0 Å². The Bertz CT molecular complexity index is 145. The van der Waals surface area contributed by atoms with Crippen LogP contribution in [-0.2, 0) is 0 Å². The van der Waals surface area contributed by atoms with Gasteiger partial charge in [-0.1, -0.05) is 6.92 Å². The molecule has 0 saturated carbocycles. The average Bonchev–Trinajstić information content (AvgIpc) is 1.96. The first-order valence-corrected chi connectivity index (χ1v) is 4.31. The first-order chi connectivity index (χ1) is 5.81. The molecule has 0 aromatic heterocycles. The summed E-state index contributed by atoms with van der Waals surface area (Å²) in [6.45, 7) is 3.57. The zero-order valence-electron chi connectivity index (χ0n) is 7.91. The van der Waals surface area contributed by atoms with E-state index in [4.69, 9.17) is 5.11 Å². The summed E-state index contributed by atoms with van der Waals surface area (Å²) < 4.78 is 36.2. The molecule has 0 aromatic carbocycles. The van der Waals surface area contributed by atoms with Crippen LogP contribution >= 0.6 is 0 Å². The van der Waals surface area contributed by atoms with Crippen molar-refractivity contribution in [1.29, 1.82) is 0 Å². The highest BCUT2D eigenvalue weighted by Crippen LogP contribution is 2.32. The van der Waals surface area contributed by atoms with Crippen LogP contribution in [0.4, 0.5) is 13.2 Å². The fourth-order valence-corrected chi connectivity index (χ4v) is 0.775. The maximum Gasteiger partial charge on any atom is 0.416 e. The van der Waals surface area contributed by atoms with E-state index in [1.165, 1.54) is 0 Å². The SMILES string of the molecule is CCCNCCC(C)(O)C(F)(F)F. The maximum absolute atomic E-state index is 12.1. The van der Waals surface area contributed by atoms with Gasteiger partial charge in [-0.3, -0.25) is 0 Å². The predicted octanol–water partition coefficient (Wildman–Crippen LogP) is 1.69. The van der Waals surface area contributed by atoms with Gasteiger partial charge in [-0.05, 0) is 32.9 Å². The van der Waals surface area contributed by atoms with Crippen molar-refractivity contribution >= 4 is 0 Å². The molecule has 0 aliphatic heterocycles. The summed E-state index contributed by atoms with van der Waals surface area (Å²) in [6, 6.07) is 0. The van der Waals surface area contributed by atoms with Crippen molar-refractivity contribution in [3.8, 4) is 0 Å². The van der Waals surface area contributed by atoms with Crippen molar-refractivity contribution in [2.24, 2.45) is 0 Å². The number of hydrogen-bond donors (Lipinski definition) is 2. The summed E-state index contributed by atoms with van der Waals surface area (Å²) in [6.07, 6.45) is -3.98. The Morgan fingerprint density at radius 1 is 1.23 bits per heavy atom. The standard InChI is InChI=1S/C8H16F3NO/c1-3-5-12-6-4-7(2,13)8(9,10)11/h12-13H,3-6H2,1-2H3. The van der Waals surface area contributed by atoms with E-state index in [0.29, 0.717) is 6.54 Å². The van der Waals surface area contributed by atoms with E-state index in [-0.39, 0.29) is 13.0 Å². The second-order valence-corrected chi connectivity index (χ2v) is 3.27. The molecule has 1 unspecified atom stereocenters. The molecule has 0 rings (SSSR count). The molecule has 2 N–H and O–H groups in total. The lowest BCUT2D eigenvalue weighted by atomic mass is 10.0. The van der Waals surface area contributed by atoms with Gasteiger partial charge in [-0.25, -0.2) is 0 Å². The number of rotatable bonds is 5. The van der Waals surface area contributed by atoms with Crippen molar-refractivity contribution in [3.05, 3.63) is 0 Å². The van der Waals surface area contributed by atoms with Gasteiger partial charge in [0.15, 0.2) is 5.60 Å². The van der Waals surface area contributed by atoms with Gasteiger partial charge in [0.1, 0.15) is 0 Å². The van der Waals surface area contributed by atoms with Crippen LogP contribution in [0.15, 0.2) is 0 Å². The Balaban J connectivity index is 3.77. The lowest BCUT2D eigenvalue weighted by Gasteiger charge is -2.26. The van der Waals surface area contributed by atoms with Crippen molar-refractivity contribution in [2.45, 2.75) is 38.5 Å². The summed E-state index contributed by atoms with van der Waals surface area (Å²) in [5.41, 5.74) is -2.58. The third-order valence-corrected chi connectivity index (χ3v) is 1.83. The van der Waals surface area contributed by atoms with Crippen molar-refractivity contribution in [3.63, 3.8) is 0 Å². The number of nitrogens with one attached hydrogen (secondary N) is 1. The normalized spacial score (nSPS) is 17.1. The van der Waals surface area contributed by atoms with E-state index >= 15 is 0 Å². The van der Waals surface area contributed by atoms with Crippen LogP contribution in [0.3, 0.4) is 0 Å². The zero-order chi connectivity index (χ0) is 10.5. The Hall–Kier alpha value is -0.290. The molecule has 0 aliphatic carbocycles. The molecule has 0 radical (unpaired) electrons. The van der Waals surface area contributed by atoms with Gasteiger partial charge in [-0.2, -0.15) is 13.2 Å². The van der Waals surface area contributed by atoms with Gasteiger partial charge in [0.05, 0.1) is 0 Å². The van der Waals surface area contributed by atoms with Crippen molar-refractivity contribution < 1.29 is 18.3 Å². The van der Waals surface area contributed by atoms with Gasteiger partial charge < -0.3 is 10.4 Å². The molecule has 80 valence electrons. The van der Waals surface area contributed by atoms with Gasteiger partial charge in [0.25, 0.3) is 0 Å². The van der Waals surface area contributed by atoms with E-state index in [2.05, 4.69) is 5.32 Å². The molecule has 0 saturated heterocycles. The molecular formula is C8H16F3NO. The summed E-state index contributed by atoms with van der Waals surface area (Å²) in [7, 11) is 0. The second-order valence-electron chi connectivity index (χ2n) is 3.27. The van der Waals surface area contributed by atoms with Crippen LogP contribution in [0.2, 0.25) is 0 Å². The highest BCUT2D eigenvalue weighted by Gasteiger charge is 2.49. The van der Waals surface area contributed by atoms with E-state index in [0.717, 1.165) is 13.3 Å². The molecule has 0 aromatic rings. The summed E-state index contributed by atoms with van der Waals surface area (Å²) in [5.74, 6) is 0. The monoisotopic (exact) mass is 199 g/mol. The molecule has 13 heavy (non-hydrogen) atoms. The zero-order valence-corrected chi connectivity index (χ0v) is 7.91. The second kappa shape index (κ2) is 4.81. The first kappa shape index (κ1) is 12.7. The number of halogens is 3. The predicted molar refractivity (Wildman–Crippen MR) is 44.5 cm³/mol. The third-order valence-electron chi connectivity index (χ3n) is 1.83. The Morgan fingerprint density at radius 2 is 1.77 bits per heavy atom. The minimum Gasteiger partial charge on any atom is -0.381 e.